The minimum Gasteiger partial charge on any atom is -0.476 e. The van der Waals surface area contributed by atoms with Crippen LogP contribution in [0.15, 0.2) is 36.8 Å². The highest BCUT2D eigenvalue weighted by molar-refractivity contribution is 5.85. The van der Waals surface area contributed by atoms with Gasteiger partial charge in [-0.15, -0.1) is 0 Å². The molecule has 0 aromatic carbocycles. The minimum atomic E-state index is -0.471. The van der Waals surface area contributed by atoms with E-state index >= 15 is 0 Å². The van der Waals surface area contributed by atoms with Crippen molar-refractivity contribution in [2.24, 2.45) is 0 Å². The first kappa shape index (κ1) is 22.3. The van der Waals surface area contributed by atoms with Crippen LogP contribution in [0.1, 0.15) is 12.5 Å². The van der Waals surface area contributed by atoms with Gasteiger partial charge in [-0.1, -0.05) is 6.07 Å². The van der Waals surface area contributed by atoms with E-state index in [0.717, 1.165) is 18.3 Å². The number of nitrogen functional groups attached to an aromatic ring is 1. The lowest BCUT2D eigenvalue weighted by atomic mass is 10.2. The van der Waals surface area contributed by atoms with Gasteiger partial charge in [0.15, 0.2) is 17.0 Å². The molecule has 172 valence electrons. The molecule has 0 spiro atoms. The van der Waals surface area contributed by atoms with Gasteiger partial charge in [0.1, 0.15) is 18.2 Å². The van der Waals surface area contributed by atoms with E-state index in [1.807, 2.05) is 42.6 Å². The second kappa shape index (κ2) is 9.74. The van der Waals surface area contributed by atoms with Gasteiger partial charge in [-0.25, -0.2) is 14.4 Å². The minimum absolute atomic E-state index is 0.148. The molecule has 0 unspecified atom stereocenters. The number of pyridine rings is 2. The number of imidazole rings is 1. The van der Waals surface area contributed by atoms with Crippen LogP contribution in [0.3, 0.4) is 0 Å². The Hall–Kier alpha value is -3.86. The number of nitrogens with two attached hydrogens (primary N) is 1. The van der Waals surface area contributed by atoms with Gasteiger partial charge in [-0.3, -0.25) is 4.98 Å². The van der Waals surface area contributed by atoms with Crippen molar-refractivity contribution < 1.29 is 13.9 Å². The van der Waals surface area contributed by atoms with E-state index < -0.39 is 5.82 Å². The fraction of sp³-hybridized carbons (Fsp3) is 0.318. The molecule has 0 fully saturated rings. The van der Waals surface area contributed by atoms with E-state index in [1.54, 1.807) is 6.20 Å². The van der Waals surface area contributed by atoms with E-state index in [1.165, 1.54) is 12.3 Å². The van der Waals surface area contributed by atoms with Crippen LogP contribution in [0.4, 0.5) is 10.2 Å². The van der Waals surface area contributed by atoms with Gasteiger partial charge < -0.3 is 24.7 Å². The topological polar surface area (TPSA) is 117 Å². The van der Waals surface area contributed by atoms with Crippen LogP contribution in [0.25, 0.3) is 22.6 Å². The van der Waals surface area contributed by atoms with Crippen LogP contribution in [-0.4, -0.2) is 68.2 Å². The summed E-state index contributed by atoms with van der Waals surface area (Å²) in [5, 5.41) is 0. The predicted octanol–water partition coefficient (Wildman–Crippen LogP) is 2.39. The molecule has 0 saturated heterocycles. The Kier molecular flexibility index (Phi) is 6.59. The Balaban J connectivity index is 1.72. The smallest absolute Gasteiger partial charge is 0.320 e. The predicted molar refractivity (Wildman–Crippen MR) is 121 cm³/mol. The first-order chi connectivity index (χ1) is 15.9. The highest BCUT2D eigenvalue weighted by atomic mass is 19.1. The van der Waals surface area contributed by atoms with E-state index in [9.17, 15) is 4.39 Å². The lowest BCUT2D eigenvalue weighted by Gasteiger charge is -2.12. The van der Waals surface area contributed by atoms with Crippen molar-refractivity contribution in [2.45, 2.75) is 13.5 Å². The molecule has 4 rings (SSSR count). The van der Waals surface area contributed by atoms with Crippen molar-refractivity contribution in [3.63, 3.8) is 0 Å². The molecule has 0 bridgehead atoms. The second-order valence-electron chi connectivity index (χ2n) is 7.57. The van der Waals surface area contributed by atoms with Gasteiger partial charge in [-0.05, 0) is 32.6 Å². The Bertz CT molecular complexity index is 1240. The van der Waals surface area contributed by atoms with Crippen LogP contribution in [0, 0.1) is 5.82 Å². The molecule has 11 heteroatoms. The number of aromatic nitrogens is 6. The molecule has 10 nitrogen and oxygen atoms in total. The summed E-state index contributed by atoms with van der Waals surface area (Å²) in [5.41, 5.74) is 8.35. The largest absolute Gasteiger partial charge is 0.476 e. The normalized spacial score (nSPS) is 11.3. The molecule has 4 heterocycles. The SMILES string of the molecule is CCOc1nc(N)c2nc(-c3cncc(F)c3)n(Cc3ccc(OCCN(C)C)nc3)c2n1. The van der Waals surface area contributed by atoms with Crippen LogP contribution < -0.4 is 15.2 Å². The number of nitrogens with zero attached hydrogens (tertiary/aromatic N) is 7. The number of hydrogen-bond acceptors (Lipinski definition) is 9. The van der Waals surface area contributed by atoms with Gasteiger partial charge in [0, 0.05) is 30.6 Å². The van der Waals surface area contributed by atoms with Crippen molar-refractivity contribution in [2.75, 3.05) is 39.6 Å². The van der Waals surface area contributed by atoms with Crippen molar-refractivity contribution in [1.29, 1.82) is 0 Å². The maximum Gasteiger partial charge on any atom is 0.320 e. The summed E-state index contributed by atoms with van der Waals surface area (Å²) in [4.78, 5) is 23.6. The molecule has 0 aliphatic carbocycles. The maximum absolute atomic E-state index is 13.9. The van der Waals surface area contributed by atoms with E-state index in [2.05, 4.69) is 24.9 Å². The standard InChI is InChI=1S/C22H25FN8O2/c1-4-32-22-28-19(24)18-21(29-22)31(20(27-18)15-9-16(23)12-25-11-15)13-14-5-6-17(26-10-14)33-8-7-30(2)3/h5-6,9-12H,4,7-8,13H2,1-3H3,(H2,24,28,29). The number of ether oxygens (including phenoxy) is 2. The quantitative estimate of drug-likeness (QED) is 0.408. The number of halogens is 1. The van der Waals surface area contributed by atoms with Gasteiger partial charge >= 0.3 is 6.01 Å². The zero-order chi connectivity index (χ0) is 23.4. The Morgan fingerprint density at radius 2 is 1.94 bits per heavy atom. The lowest BCUT2D eigenvalue weighted by molar-refractivity contribution is 0.254. The van der Waals surface area contributed by atoms with Crippen LogP contribution in [-0.2, 0) is 6.54 Å². The van der Waals surface area contributed by atoms with E-state index in [-0.39, 0.29) is 11.8 Å². The fourth-order valence-electron chi connectivity index (χ4n) is 3.20. The van der Waals surface area contributed by atoms with Crippen molar-refractivity contribution in [3.05, 3.63) is 48.2 Å². The molecule has 33 heavy (non-hydrogen) atoms. The Labute approximate surface area is 190 Å². The molecule has 0 saturated carbocycles. The average Bonchev–Trinajstić information content (AvgIpc) is 3.14. The third-order valence-corrected chi connectivity index (χ3v) is 4.76. The molecule has 0 radical (unpaired) electrons. The first-order valence-corrected chi connectivity index (χ1v) is 10.4. The van der Waals surface area contributed by atoms with E-state index in [4.69, 9.17) is 15.2 Å². The monoisotopic (exact) mass is 452 g/mol. The summed E-state index contributed by atoms with van der Waals surface area (Å²) >= 11 is 0. The van der Waals surface area contributed by atoms with Crippen LogP contribution in [0.2, 0.25) is 0 Å². The second-order valence-corrected chi connectivity index (χ2v) is 7.57. The lowest BCUT2D eigenvalue weighted by Crippen LogP contribution is -2.19. The number of rotatable bonds is 9. The van der Waals surface area contributed by atoms with Crippen molar-refractivity contribution in [1.82, 2.24) is 34.4 Å². The molecule has 0 aliphatic rings. The highest BCUT2D eigenvalue weighted by Gasteiger charge is 2.19. The molecular formula is C22H25FN8O2. The number of hydrogen-bond donors (Lipinski definition) is 1. The third kappa shape index (κ3) is 5.14. The number of fused-ring (bicyclic) bond motifs is 1. The molecule has 4 aromatic rings. The summed E-state index contributed by atoms with van der Waals surface area (Å²) in [6.45, 7) is 3.91. The molecule has 2 N–H and O–H groups in total. The molecule has 4 aromatic heterocycles. The number of likely N-dealkylation sites (N-methyl/N-ethyl adjacent to an activating group) is 1. The van der Waals surface area contributed by atoms with Gasteiger partial charge in [-0.2, -0.15) is 9.97 Å². The molecule has 0 atom stereocenters. The Morgan fingerprint density at radius 3 is 2.64 bits per heavy atom. The molecular weight excluding hydrogens is 427 g/mol. The van der Waals surface area contributed by atoms with Crippen LogP contribution >= 0.6 is 0 Å². The summed E-state index contributed by atoms with van der Waals surface area (Å²) in [6, 6.07) is 5.22. The summed E-state index contributed by atoms with van der Waals surface area (Å²) in [7, 11) is 3.96. The fourth-order valence-corrected chi connectivity index (χ4v) is 3.20. The summed E-state index contributed by atoms with van der Waals surface area (Å²) < 4.78 is 26.8. The highest BCUT2D eigenvalue weighted by Crippen LogP contribution is 2.28. The summed E-state index contributed by atoms with van der Waals surface area (Å²) in [6.07, 6.45) is 4.39. The number of anilines is 1. The zero-order valence-electron chi connectivity index (χ0n) is 18.7. The maximum atomic E-state index is 13.9. The summed E-state index contributed by atoms with van der Waals surface area (Å²) in [5.74, 6) is 0.699. The van der Waals surface area contributed by atoms with Gasteiger partial charge in [0.2, 0.25) is 5.88 Å². The Morgan fingerprint density at radius 1 is 1.09 bits per heavy atom. The zero-order valence-corrected chi connectivity index (χ0v) is 18.7. The molecule has 0 amide bonds. The average molecular weight is 452 g/mol. The molecule has 0 aliphatic heterocycles. The van der Waals surface area contributed by atoms with Crippen molar-refractivity contribution in [3.8, 4) is 23.3 Å². The van der Waals surface area contributed by atoms with Gasteiger partial charge in [0.05, 0.1) is 19.3 Å². The first-order valence-electron chi connectivity index (χ1n) is 10.4. The van der Waals surface area contributed by atoms with E-state index in [0.29, 0.717) is 48.2 Å². The van der Waals surface area contributed by atoms with Crippen LogP contribution in [0.5, 0.6) is 11.9 Å². The third-order valence-electron chi connectivity index (χ3n) is 4.76. The van der Waals surface area contributed by atoms with Gasteiger partial charge in [0.25, 0.3) is 0 Å². The van der Waals surface area contributed by atoms with Crippen molar-refractivity contribution >= 4 is 17.0 Å².